The molecule has 0 radical (unpaired) electrons. The van der Waals surface area contributed by atoms with E-state index in [1.165, 1.54) is 0 Å². The maximum absolute atomic E-state index is 13.1. The van der Waals surface area contributed by atoms with Gasteiger partial charge in [0, 0.05) is 6.54 Å². The monoisotopic (exact) mass is 475 g/mol. The Morgan fingerprint density at radius 1 is 1.12 bits per heavy atom. The summed E-state index contributed by atoms with van der Waals surface area (Å²) in [7, 11) is 0. The summed E-state index contributed by atoms with van der Waals surface area (Å²) in [6.07, 6.45) is 5.69. The number of ketones is 1. The summed E-state index contributed by atoms with van der Waals surface area (Å²) in [5.41, 5.74) is 1.76. The molecule has 10 heteroatoms. The number of ether oxygens (including phenoxy) is 1. The minimum Gasteiger partial charge on any atom is -0.449 e. The Kier molecular flexibility index (Phi) is 9.95. The van der Waals surface area contributed by atoms with Crippen LogP contribution in [-0.2, 0) is 32.0 Å². The molecule has 0 saturated heterocycles. The van der Waals surface area contributed by atoms with Gasteiger partial charge in [-0.1, -0.05) is 34.6 Å². The topological polar surface area (TPSA) is 139 Å². The van der Waals surface area contributed by atoms with Crippen molar-refractivity contribution in [2.24, 2.45) is 11.3 Å². The molecule has 34 heavy (non-hydrogen) atoms. The van der Waals surface area contributed by atoms with E-state index in [9.17, 15) is 19.2 Å². The lowest BCUT2D eigenvalue weighted by Crippen LogP contribution is -2.55. The predicted molar refractivity (Wildman–Crippen MR) is 126 cm³/mol. The van der Waals surface area contributed by atoms with E-state index in [0.717, 1.165) is 24.0 Å². The zero-order chi connectivity index (χ0) is 25.3. The van der Waals surface area contributed by atoms with Crippen molar-refractivity contribution in [1.82, 2.24) is 26.1 Å². The quantitative estimate of drug-likeness (QED) is 0.551. The van der Waals surface area contributed by atoms with Crippen LogP contribution in [0.25, 0.3) is 0 Å². The predicted octanol–water partition coefficient (Wildman–Crippen LogP) is 1.71. The summed E-state index contributed by atoms with van der Waals surface area (Å²) in [4.78, 5) is 50.6. The number of nitrogens with zero attached hydrogens (tertiary/aromatic N) is 2. The summed E-state index contributed by atoms with van der Waals surface area (Å²) >= 11 is 0. The van der Waals surface area contributed by atoms with E-state index in [1.807, 2.05) is 20.8 Å². The number of hydrogen-bond donors (Lipinski definition) is 3. The fourth-order valence-electron chi connectivity index (χ4n) is 3.53. The van der Waals surface area contributed by atoms with Crippen molar-refractivity contribution in [2.75, 3.05) is 13.2 Å². The maximum Gasteiger partial charge on any atom is 0.407 e. The van der Waals surface area contributed by atoms with Gasteiger partial charge >= 0.3 is 6.09 Å². The Hall–Kier alpha value is -3.04. The first-order valence-corrected chi connectivity index (χ1v) is 11.8. The molecule has 10 nitrogen and oxygen atoms in total. The van der Waals surface area contributed by atoms with Gasteiger partial charge in [0.25, 0.3) is 5.91 Å². The summed E-state index contributed by atoms with van der Waals surface area (Å²) in [5, 5.41) is 15.8. The van der Waals surface area contributed by atoms with Gasteiger partial charge in [-0.15, -0.1) is 0 Å². The highest BCUT2D eigenvalue weighted by Crippen LogP contribution is 2.15. The number of amides is 3. The van der Waals surface area contributed by atoms with E-state index in [1.54, 1.807) is 26.2 Å². The number of Topliss-reactive ketones (excluding diaryl/α,β-unsaturated/α-hetero) is 1. The normalized spacial score (nSPS) is 18.6. The van der Waals surface area contributed by atoms with E-state index >= 15 is 0 Å². The molecule has 2 atom stereocenters. The highest BCUT2D eigenvalue weighted by Gasteiger charge is 2.32. The van der Waals surface area contributed by atoms with Gasteiger partial charge in [0.05, 0.1) is 25.0 Å². The van der Waals surface area contributed by atoms with Gasteiger partial charge in [-0.3, -0.25) is 14.4 Å². The van der Waals surface area contributed by atoms with Gasteiger partial charge in [-0.25, -0.2) is 4.79 Å². The molecule has 2 heterocycles. The lowest BCUT2D eigenvalue weighted by Gasteiger charge is -2.26. The number of aryl methyl sites for hydroxylation is 2. The van der Waals surface area contributed by atoms with Crippen molar-refractivity contribution in [3.05, 3.63) is 23.5 Å². The molecule has 1 aromatic heterocycles. The summed E-state index contributed by atoms with van der Waals surface area (Å²) in [6.45, 7) is 9.89. The summed E-state index contributed by atoms with van der Waals surface area (Å²) in [5.74, 6) is -2.25. The molecule has 0 saturated carbocycles. The second-order valence-electron chi connectivity index (χ2n) is 10.2. The van der Waals surface area contributed by atoms with Gasteiger partial charge < -0.3 is 20.7 Å². The molecule has 0 aromatic carbocycles. The van der Waals surface area contributed by atoms with Crippen LogP contribution in [0.5, 0.6) is 0 Å². The van der Waals surface area contributed by atoms with Crippen LogP contribution in [0.15, 0.2) is 12.4 Å². The minimum absolute atomic E-state index is 0.189. The first kappa shape index (κ1) is 27.2. The number of nitrogens with one attached hydrogen (secondary N) is 3. The third kappa shape index (κ3) is 8.72. The molecular formula is C24H37N5O5. The minimum atomic E-state index is -1.04. The van der Waals surface area contributed by atoms with E-state index < -0.39 is 35.8 Å². The third-order valence-corrected chi connectivity index (χ3v) is 5.48. The van der Waals surface area contributed by atoms with Crippen molar-refractivity contribution in [3.8, 4) is 0 Å². The Morgan fingerprint density at radius 2 is 1.76 bits per heavy atom. The average Bonchev–Trinajstić information content (AvgIpc) is 2.77. The smallest absolute Gasteiger partial charge is 0.407 e. The third-order valence-electron chi connectivity index (χ3n) is 5.48. The molecule has 1 aromatic rings. The largest absolute Gasteiger partial charge is 0.449 e. The number of fused-ring (bicyclic) bond motifs is 1. The molecule has 1 aliphatic rings. The number of alkyl carbamates (subject to hydrolysis) is 1. The van der Waals surface area contributed by atoms with Crippen molar-refractivity contribution in [2.45, 2.75) is 78.8 Å². The van der Waals surface area contributed by atoms with E-state index in [0.29, 0.717) is 19.4 Å². The SMILES string of the molecule is CC(C)C(NC(=O)OCC(C)(C)C)C(=O)NC1CCc2cnncc2CCCCNC(=O)C1=O. The van der Waals surface area contributed by atoms with Crippen LogP contribution >= 0.6 is 0 Å². The average molecular weight is 476 g/mol. The number of carbonyl (C=O) groups is 4. The highest BCUT2D eigenvalue weighted by atomic mass is 16.5. The molecule has 2 unspecified atom stereocenters. The molecule has 0 fully saturated rings. The van der Waals surface area contributed by atoms with Crippen LogP contribution in [0.4, 0.5) is 4.79 Å². The molecule has 2 rings (SSSR count). The molecule has 188 valence electrons. The van der Waals surface area contributed by atoms with E-state index in [-0.39, 0.29) is 24.4 Å². The molecular weight excluding hydrogens is 438 g/mol. The molecule has 0 aliphatic carbocycles. The first-order chi connectivity index (χ1) is 16.0. The van der Waals surface area contributed by atoms with Gasteiger partial charge in [0.1, 0.15) is 6.04 Å². The van der Waals surface area contributed by atoms with Crippen LogP contribution in [0, 0.1) is 11.3 Å². The van der Waals surface area contributed by atoms with Crippen molar-refractivity contribution in [3.63, 3.8) is 0 Å². The Morgan fingerprint density at radius 3 is 2.38 bits per heavy atom. The molecule has 1 aliphatic heterocycles. The summed E-state index contributed by atoms with van der Waals surface area (Å²) < 4.78 is 5.22. The maximum atomic E-state index is 13.1. The van der Waals surface area contributed by atoms with Gasteiger partial charge in [-0.2, -0.15) is 10.2 Å². The Labute approximate surface area is 201 Å². The highest BCUT2D eigenvalue weighted by molar-refractivity contribution is 6.38. The molecule has 3 N–H and O–H groups in total. The fourth-order valence-corrected chi connectivity index (χ4v) is 3.53. The lowest BCUT2D eigenvalue weighted by atomic mass is 9.96. The molecule has 0 spiro atoms. The van der Waals surface area contributed by atoms with Crippen LogP contribution in [-0.4, -0.2) is 59.1 Å². The van der Waals surface area contributed by atoms with Gasteiger partial charge in [0.15, 0.2) is 0 Å². The number of carbonyl (C=O) groups excluding carboxylic acids is 4. The Balaban J connectivity index is 2.15. The van der Waals surface area contributed by atoms with Gasteiger partial charge in [0.2, 0.25) is 11.7 Å². The Bertz CT molecular complexity index is 881. The lowest BCUT2D eigenvalue weighted by molar-refractivity contribution is -0.140. The number of hydrogen-bond acceptors (Lipinski definition) is 7. The fraction of sp³-hybridized carbons (Fsp3) is 0.667. The van der Waals surface area contributed by atoms with Crippen molar-refractivity contribution in [1.29, 1.82) is 0 Å². The van der Waals surface area contributed by atoms with Crippen LogP contribution in [0.3, 0.4) is 0 Å². The summed E-state index contributed by atoms with van der Waals surface area (Å²) in [6, 6.07) is -1.97. The van der Waals surface area contributed by atoms with E-state index in [2.05, 4.69) is 26.1 Å². The van der Waals surface area contributed by atoms with Gasteiger partial charge in [-0.05, 0) is 54.6 Å². The first-order valence-electron chi connectivity index (χ1n) is 11.8. The second kappa shape index (κ2) is 12.4. The zero-order valence-corrected chi connectivity index (χ0v) is 20.8. The standard InChI is InChI=1S/C24H37N5O5/c1-15(2)19(29-23(33)34-14-24(3,4)5)21(31)28-18-10-9-17-13-27-26-12-16(17)8-6-7-11-25-22(32)20(18)30/h12-13,15,18-19H,6-11,14H2,1-5H3,(H,25,32)(H,28,31)(H,29,33). The van der Waals surface area contributed by atoms with Crippen molar-refractivity contribution >= 4 is 23.7 Å². The number of aromatic nitrogens is 2. The molecule has 0 bridgehead atoms. The molecule has 3 amide bonds. The second-order valence-corrected chi connectivity index (χ2v) is 10.2. The van der Waals surface area contributed by atoms with Crippen LogP contribution in [0.1, 0.15) is 65.0 Å². The van der Waals surface area contributed by atoms with Crippen LogP contribution in [0.2, 0.25) is 0 Å². The number of rotatable bonds is 5. The van der Waals surface area contributed by atoms with Crippen molar-refractivity contribution < 1.29 is 23.9 Å². The zero-order valence-electron chi connectivity index (χ0n) is 20.8. The van der Waals surface area contributed by atoms with E-state index in [4.69, 9.17) is 4.74 Å². The van der Waals surface area contributed by atoms with Crippen LogP contribution < -0.4 is 16.0 Å².